The number of amides is 4. The minimum atomic E-state index is -2.77. The highest BCUT2D eigenvalue weighted by atomic mass is 35.5. The Hall–Kier alpha value is -4.07. The van der Waals surface area contributed by atoms with Gasteiger partial charge in [0, 0.05) is 16.9 Å². The molecule has 2 N–H and O–H groups in total. The monoisotopic (exact) mass is 666 g/mol. The number of nitrogens with zero attached hydrogens (tertiary/aromatic N) is 2. The first-order valence-corrected chi connectivity index (χ1v) is 14.2. The number of rotatable bonds is 2. The van der Waals surface area contributed by atoms with Gasteiger partial charge in [-0.2, -0.15) is 5.06 Å². The number of benzene rings is 3. The van der Waals surface area contributed by atoms with Gasteiger partial charge < -0.3 is 5.11 Å². The van der Waals surface area contributed by atoms with Gasteiger partial charge in [-0.05, 0) is 24.1 Å². The zero-order valence-electron chi connectivity index (χ0n) is 22.3. The third-order valence-electron chi connectivity index (χ3n) is 9.44. The number of phenols is 1. The molecule has 232 valence electrons. The quantitative estimate of drug-likeness (QED) is 0.0740. The van der Waals surface area contributed by atoms with Crippen molar-refractivity contribution >= 4 is 63.3 Å². The number of alkyl halides is 2. The molecule has 3 fully saturated rings. The van der Waals surface area contributed by atoms with E-state index in [1.807, 2.05) is 0 Å². The number of allylic oxidation sites excluding steroid dienone is 2. The Balaban J connectivity index is 1.51. The van der Waals surface area contributed by atoms with E-state index < -0.39 is 104 Å². The van der Waals surface area contributed by atoms with E-state index in [2.05, 4.69) is 0 Å². The van der Waals surface area contributed by atoms with E-state index in [1.165, 1.54) is 18.2 Å². The Morgan fingerprint density at radius 2 is 1.42 bits per heavy atom. The zero-order chi connectivity index (χ0) is 32.5. The van der Waals surface area contributed by atoms with Gasteiger partial charge in [0.15, 0.2) is 33.0 Å². The summed E-state index contributed by atoms with van der Waals surface area (Å²) >= 11 is 14.0. The molecule has 0 aromatic heterocycles. The van der Waals surface area contributed by atoms with Crippen LogP contribution in [0.3, 0.4) is 0 Å². The second-order valence-corrected chi connectivity index (χ2v) is 12.6. The minimum Gasteiger partial charge on any atom is -0.507 e. The van der Waals surface area contributed by atoms with Crippen LogP contribution in [0, 0.1) is 46.8 Å². The van der Waals surface area contributed by atoms with Gasteiger partial charge in [0.25, 0.3) is 23.6 Å². The summed E-state index contributed by atoms with van der Waals surface area (Å²) in [6, 6.07) is 9.36. The number of hydroxylamine groups is 2. The molecule has 3 aromatic carbocycles. The molecule has 0 spiro atoms. The van der Waals surface area contributed by atoms with Gasteiger partial charge in [-0.15, -0.1) is 23.2 Å². The molecule has 45 heavy (non-hydrogen) atoms. The second kappa shape index (κ2) is 9.47. The SMILES string of the molecule is O=C1[C@H]2[C@H](CC=C3[C@H]2C[C@@]2(Cl)C(=O)N(c4c(F)c(F)c(F)c(F)c4F)C(=O)[C@@]2(Cl)[C@H]3c2ccc3ccccc3c2O)C(=O)N1O. The number of imide groups is 2. The van der Waals surface area contributed by atoms with Crippen molar-refractivity contribution in [1.29, 1.82) is 0 Å². The van der Waals surface area contributed by atoms with Gasteiger partial charge in [0.2, 0.25) is 5.82 Å². The van der Waals surface area contributed by atoms with Gasteiger partial charge in [-0.3, -0.25) is 24.4 Å². The van der Waals surface area contributed by atoms with E-state index in [9.17, 15) is 42.7 Å². The van der Waals surface area contributed by atoms with Crippen LogP contribution in [0.1, 0.15) is 24.3 Å². The van der Waals surface area contributed by atoms with Crippen LogP contribution < -0.4 is 4.90 Å². The lowest BCUT2D eigenvalue weighted by Crippen LogP contribution is -2.60. The van der Waals surface area contributed by atoms with Crippen LogP contribution in [0.25, 0.3) is 10.8 Å². The highest BCUT2D eigenvalue weighted by Gasteiger charge is 2.77. The maximum Gasteiger partial charge on any atom is 0.258 e. The number of anilines is 1. The summed E-state index contributed by atoms with van der Waals surface area (Å²) < 4.78 is 72.7. The number of fused-ring (bicyclic) bond motifs is 5. The molecule has 2 saturated heterocycles. The van der Waals surface area contributed by atoms with Crippen molar-refractivity contribution in [2.75, 3.05) is 4.90 Å². The molecule has 7 rings (SSSR count). The molecule has 2 aliphatic heterocycles. The first kappa shape index (κ1) is 29.6. The molecule has 3 aromatic rings. The molecule has 0 unspecified atom stereocenters. The highest BCUT2D eigenvalue weighted by molar-refractivity contribution is 6.58. The maximum absolute atomic E-state index is 15.1. The topological polar surface area (TPSA) is 115 Å². The fourth-order valence-electron chi connectivity index (χ4n) is 7.40. The number of aromatic hydroxyl groups is 1. The number of phenolic OH excluding ortho intramolecular Hbond substituents is 1. The van der Waals surface area contributed by atoms with Crippen molar-refractivity contribution in [3.8, 4) is 5.75 Å². The lowest BCUT2D eigenvalue weighted by atomic mass is 9.56. The summed E-state index contributed by atoms with van der Waals surface area (Å²) in [5, 5.41) is 22.4. The number of carbonyl (C=O) groups excluding carboxylic acids is 4. The Kier molecular flexibility index (Phi) is 6.24. The maximum atomic E-state index is 15.1. The zero-order valence-corrected chi connectivity index (χ0v) is 23.8. The van der Waals surface area contributed by atoms with E-state index in [1.54, 1.807) is 24.3 Å². The molecule has 2 heterocycles. The fraction of sp³-hybridized carbons (Fsp3) is 0.267. The summed E-state index contributed by atoms with van der Waals surface area (Å²) in [7, 11) is 0. The Morgan fingerprint density at radius 3 is 2.09 bits per heavy atom. The van der Waals surface area contributed by atoms with E-state index in [0.29, 0.717) is 5.39 Å². The van der Waals surface area contributed by atoms with Crippen molar-refractivity contribution in [2.45, 2.75) is 28.5 Å². The van der Waals surface area contributed by atoms with Crippen molar-refractivity contribution in [2.24, 2.45) is 17.8 Å². The Bertz CT molecular complexity index is 1950. The summed E-state index contributed by atoms with van der Waals surface area (Å²) in [5.41, 5.74) is -1.87. The minimum absolute atomic E-state index is 0.0686. The molecule has 1 saturated carbocycles. The van der Waals surface area contributed by atoms with Crippen LogP contribution in [0.15, 0.2) is 48.0 Å². The predicted molar refractivity (Wildman–Crippen MR) is 146 cm³/mol. The van der Waals surface area contributed by atoms with E-state index in [-0.39, 0.29) is 32.9 Å². The second-order valence-electron chi connectivity index (χ2n) is 11.4. The number of halogens is 7. The Morgan fingerprint density at radius 1 is 0.800 bits per heavy atom. The molecule has 15 heteroatoms. The average Bonchev–Trinajstić information content (AvgIpc) is 3.33. The van der Waals surface area contributed by atoms with E-state index in [0.717, 1.165) is 0 Å². The van der Waals surface area contributed by atoms with Crippen LogP contribution in [0.5, 0.6) is 5.75 Å². The fourth-order valence-corrected chi connectivity index (χ4v) is 8.33. The summed E-state index contributed by atoms with van der Waals surface area (Å²) in [6.45, 7) is 0. The summed E-state index contributed by atoms with van der Waals surface area (Å²) in [6.07, 6.45) is 0.586. The first-order valence-electron chi connectivity index (χ1n) is 13.4. The normalized spacial score (nSPS) is 31.0. The van der Waals surface area contributed by atoms with Gasteiger partial charge >= 0.3 is 0 Å². The molecule has 6 atom stereocenters. The van der Waals surface area contributed by atoms with Crippen LogP contribution in [-0.2, 0) is 19.2 Å². The smallest absolute Gasteiger partial charge is 0.258 e. The van der Waals surface area contributed by atoms with Gasteiger partial charge in [-0.25, -0.2) is 26.9 Å². The van der Waals surface area contributed by atoms with E-state index >= 15 is 8.78 Å². The van der Waals surface area contributed by atoms with Gasteiger partial charge in [0.05, 0.1) is 11.8 Å². The standard InChI is InChI=1S/C30H17Cl2F5N2O6/c31-29-9-15-12(7-8-13-16(15)26(42)39(45)25(13)41)17(14-6-5-10-3-1-2-4-11(10)24(14)40)30(29,32)28(44)38(27(29)43)23-21(36)19(34)18(33)20(35)22(23)37/h1-7,13,15-17,40,45H,8-9H2/t13-,15+,16-,17+,29+,30-/m0/s1. The number of hydrogen-bond acceptors (Lipinski definition) is 6. The third kappa shape index (κ3) is 3.46. The van der Waals surface area contributed by atoms with Crippen molar-refractivity contribution in [3.63, 3.8) is 0 Å². The first-order chi connectivity index (χ1) is 21.2. The molecule has 4 aliphatic rings. The molecule has 8 nitrogen and oxygen atoms in total. The molecule has 4 amide bonds. The van der Waals surface area contributed by atoms with E-state index in [4.69, 9.17) is 23.2 Å². The van der Waals surface area contributed by atoms with Crippen molar-refractivity contribution in [1.82, 2.24) is 5.06 Å². The van der Waals surface area contributed by atoms with Gasteiger partial charge in [-0.1, -0.05) is 48.0 Å². The van der Waals surface area contributed by atoms with Crippen LogP contribution in [-0.4, -0.2) is 48.8 Å². The number of carbonyl (C=O) groups is 4. The number of hydrogen-bond donors (Lipinski definition) is 2. The molecule has 0 radical (unpaired) electrons. The molecule has 2 aliphatic carbocycles. The average molecular weight is 667 g/mol. The molecular weight excluding hydrogens is 650 g/mol. The molecular formula is C30H17Cl2F5N2O6. The third-order valence-corrected chi connectivity index (χ3v) is 10.9. The largest absolute Gasteiger partial charge is 0.507 e. The lowest BCUT2D eigenvalue weighted by Gasteiger charge is -2.50. The Labute approximate surface area is 259 Å². The van der Waals surface area contributed by atoms with Gasteiger partial charge in [0.1, 0.15) is 11.4 Å². The van der Waals surface area contributed by atoms with Crippen LogP contribution in [0.4, 0.5) is 27.6 Å². The molecule has 0 bridgehead atoms. The van der Waals surface area contributed by atoms with Crippen molar-refractivity contribution in [3.05, 3.63) is 82.7 Å². The summed E-state index contributed by atoms with van der Waals surface area (Å²) in [4.78, 5) is 48.3. The summed E-state index contributed by atoms with van der Waals surface area (Å²) in [5.74, 6) is -23.4. The predicted octanol–water partition coefficient (Wildman–Crippen LogP) is 5.19. The lowest BCUT2D eigenvalue weighted by molar-refractivity contribution is -0.173. The highest BCUT2D eigenvalue weighted by Crippen LogP contribution is 2.66. The van der Waals surface area contributed by atoms with Crippen LogP contribution in [0.2, 0.25) is 0 Å². The van der Waals surface area contributed by atoms with Crippen LogP contribution >= 0.6 is 23.2 Å². The van der Waals surface area contributed by atoms with Crippen molar-refractivity contribution < 1.29 is 51.4 Å².